The summed E-state index contributed by atoms with van der Waals surface area (Å²) in [4.78, 5) is 11.7. The van der Waals surface area contributed by atoms with E-state index in [0.717, 1.165) is 0 Å². The van der Waals surface area contributed by atoms with E-state index in [-0.39, 0.29) is 12.1 Å². The molecule has 0 bridgehead atoms. The first-order valence-corrected chi connectivity index (χ1v) is 6.48. The molecular weight excluding hydrogens is 289 g/mol. The first kappa shape index (κ1) is 15.6. The number of hydrogen-bond acceptors (Lipinski definition) is 4. The zero-order chi connectivity index (χ0) is 15.8. The molecule has 1 heterocycles. The van der Waals surface area contributed by atoms with Crippen molar-refractivity contribution in [3.8, 4) is 0 Å². The van der Waals surface area contributed by atoms with E-state index >= 15 is 0 Å². The third-order valence-electron chi connectivity index (χ3n) is 3.71. The number of halogens is 3. The fraction of sp³-hybridized carbons (Fsp3) is 0.538. The molecule has 1 aromatic rings. The smallest absolute Gasteiger partial charge is 0.382 e. The standard InChI is InChI=1S/C13H15F3N2O3/c1-8-7-9(4-5-10(8)18(20)21)17-6-2-3-11(17)12(19)13(14,15)16/h4-5,7,11-12,19H,2-3,6H2,1H3/t11-,12+/m1/s1. The van der Waals surface area contributed by atoms with Crippen LogP contribution in [-0.4, -0.2) is 34.9 Å². The van der Waals surface area contributed by atoms with Crippen molar-refractivity contribution in [3.63, 3.8) is 0 Å². The summed E-state index contributed by atoms with van der Waals surface area (Å²) >= 11 is 0. The van der Waals surface area contributed by atoms with Gasteiger partial charge in [-0.1, -0.05) is 0 Å². The summed E-state index contributed by atoms with van der Waals surface area (Å²) < 4.78 is 38.0. The molecule has 1 aromatic carbocycles. The van der Waals surface area contributed by atoms with Crippen LogP contribution < -0.4 is 4.90 Å². The topological polar surface area (TPSA) is 66.6 Å². The van der Waals surface area contributed by atoms with Gasteiger partial charge in [-0.15, -0.1) is 0 Å². The lowest BCUT2D eigenvalue weighted by Gasteiger charge is -2.31. The van der Waals surface area contributed by atoms with Gasteiger partial charge in [0.25, 0.3) is 5.69 Å². The summed E-state index contributed by atoms with van der Waals surface area (Å²) in [6.07, 6.45) is -6.33. The first-order valence-electron chi connectivity index (χ1n) is 6.48. The lowest BCUT2D eigenvalue weighted by atomic mass is 10.1. The van der Waals surface area contributed by atoms with E-state index in [1.165, 1.54) is 30.0 Å². The molecule has 1 saturated heterocycles. The molecule has 0 saturated carbocycles. The van der Waals surface area contributed by atoms with Crippen LogP contribution >= 0.6 is 0 Å². The van der Waals surface area contributed by atoms with E-state index in [4.69, 9.17) is 0 Å². The number of aliphatic hydroxyl groups excluding tert-OH is 1. The number of rotatable bonds is 3. The minimum Gasteiger partial charge on any atom is -0.382 e. The summed E-state index contributed by atoms with van der Waals surface area (Å²) in [6, 6.07) is 3.14. The number of aryl methyl sites for hydroxylation is 1. The van der Waals surface area contributed by atoms with Crippen LogP contribution in [0.1, 0.15) is 18.4 Å². The number of nitro benzene ring substituents is 1. The average molecular weight is 304 g/mol. The van der Waals surface area contributed by atoms with E-state index in [9.17, 15) is 28.4 Å². The number of aliphatic hydroxyl groups is 1. The van der Waals surface area contributed by atoms with Crippen molar-refractivity contribution >= 4 is 11.4 Å². The number of benzene rings is 1. The fourth-order valence-corrected chi connectivity index (χ4v) is 2.68. The normalized spacial score (nSPS) is 20.6. The van der Waals surface area contributed by atoms with E-state index < -0.39 is 23.2 Å². The van der Waals surface area contributed by atoms with Gasteiger partial charge in [-0.3, -0.25) is 10.1 Å². The Balaban J connectivity index is 2.28. The highest BCUT2D eigenvalue weighted by molar-refractivity contribution is 5.56. The number of hydrogen-bond donors (Lipinski definition) is 1. The van der Waals surface area contributed by atoms with Crippen LogP contribution in [0.15, 0.2) is 18.2 Å². The van der Waals surface area contributed by atoms with Gasteiger partial charge in [0.05, 0.1) is 11.0 Å². The maximum Gasteiger partial charge on any atom is 0.416 e. The molecule has 0 amide bonds. The van der Waals surface area contributed by atoms with E-state index in [1.54, 1.807) is 0 Å². The third kappa shape index (κ3) is 3.10. The molecule has 5 nitrogen and oxygen atoms in total. The van der Waals surface area contributed by atoms with Crippen molar-refractivity contribution in [2.24, 2.45) is 0 Å². The fourth-order valence-electron chi connectivity index (χ4n) is 2.68. The Bertz CT molecular complexity index is 548. The lowest BCUT2D eigenvalue weighted by molar-refractivity contribution is -0.385. The number of nitro groups is 1. The molecule has 21 heavy (non-hydrogen) atoms. The molecule has 0 aromatic heterocycles. The van der Waals surface area contributed by atoms with Gasteiger partial charge < -0.3 is 10.0 Å². The van der Waals surface area contributed by atoms with Gasteiger partial charge in [0.15, 0.2) is 6.10 Å². The second-order valence-electron chi connectivity index (χ2n) is 5.12. The summed E-state index contributed by atoms with van der Waals surface area (Å²) in [5.41, 5.74) is 0.763. The van der Waals surface area contributed by atoms with Gasteiger partial charge in [-0.25, -0.2) is 0 Å². The molecule has 0 aliphatic carbocycles. The summed E-state index contributed by atoms with van der Waals surface area (Å²) in [5, 5.41) is 20.2. The predicted molar refractivity (Wildman–Crippen MR) is 70.3 cm³/mol. The molecule has 1 N–H and O–H groups in total. The summed E-state index contributed by atoms with van der Waals surface area (Å²) in [6.45, 7) is 1.92. The van der Waals surface area contributed by atoms with Gasteiger partial charge in [0.2, 0.25) is 0 Å². The summed E-state index contributed by atoms with van der Waals surface area (Å²) in [7, 11) is 0. The van der Waals surface area contributed by atoms with Crippen molar-refractivity contribution in [2.75, 3.05) is 11.4 Å². The molecule has 0 unspecified atom stereocenters. The maximum atomic E-state index is 12.7. The highest BCUT2D eigenvalue weighted by Gasteiger charge is 2.47. The van der Waals surface area contributed by atoms with Gasteiger partial charge in [-0.2, -0.15) is 13.2 Å². The number of nitrogens with zero attached hydrogens (tertiary/aromatic N) is 2. The van der Waals surface area contributed by atoms with Gasteiger partial charge in [0, 0.05) is 23.9 Å². The number of alkyl halides is 3. The Kier molecular flexibility index (Phi) is 4.08. The Morgan fingerprint density at radius 2 is 2.14 bits per heavy atom. The van der Waals surface area contributed by atoms with Crippen molar-refractivity contribution in [2.45, 2.75) is 38.1 Å². The molecule has 8 heteroatoms. The highest BCUT2D eigenvalue weighted by Crippen LogP contribution is 2.35. The van der Waals surface area contributed by atoms with Gasteiger partial charge >= 0.3 is 6.18 Å². The van der Waals surface area contributed by atoms with Gasteiger partial charge in [-0.05, 0) is 31.9 Å². The zero-order valence-electron chi connectivity index (χ0n) is 11.3. The zero-order valence-corrected chi connectivity index (χ0v) is 11.3. The van der Waals surface area contributed by atoms with Crippen molar-refractivity contribution in [1.29, 1.82) is 0 Å². The second kappa shape index (κ2) is 5.51. The molecule has 0 radical (unpaired) electrons. The van der Waals surface area contributed by atoms with Crippen LogP contribution in [0.25, 0.3) is 0 Å². The van der Waals surface area contributed by atoms with E-state index in [1.807, 2.05) is 0 Å². The van der Waals surface area contributed by atoms with E-state index in [2.05, 4.69) is 0 Å². The van der Waals surface area contributed by atoms with Crippen molar-refractivity contribution < 1.29 is 23.2 Å². The van der Waals surface area contributed by atoms with Crippen LogP contribution in [0.3, 0.4) is 0 Å². The highest BCUT2D eigenvalue weighted by atomic mass is 19.4. The minimum atomic E-state index is -4.68. The Morgan fingerprint density at radius 3 is 2.67 bits per heavy atom. The van der Waals surface area contributed by atoms with Gasteiger partial charge in [0.1, 0.15) is 0 Å². The Hall–Kier alpha value is -1.83. The van der Waals surface area contributed by atoms with Crippen LogP contribution in [-0.2, 0) is 0 Å². The SMILES string of the molecule is Cc1cc(N2CCC[C@@H]2[C@H](O)C(F)(F)F)ccc1[N+](=O)[O-]. The largest absolute Gasteiger partial charge is 0.416 e. The maximum absolute atomic E-state index is 12.7. The molecular formula is C13H15F3N2O3. The van der Waals surface area contributed by atoms with Crippen LogP contribution in [0.5, 0.6) is 0 Å². The quantitative estimate of drug-likeness (QED) is 0.689. The molecule has 1 fully saturated rings. The van der Waals surface area contributed by atoms with Crippen LogP contribution in [0.4, 0.5) is 24.5 Å². The molecule has 1 aliphatic heterocycles. The number of anilines is 1. The van der Waals surface area contributed by atoms with Crippen molar-refractivity contribution in [1.82, 2.24) is 0 Å². The molecule has 0 spiro atoms. The Labute approximate surface area is 119 Å². The second-order valence-corrected chi connectivity index (χ2v) is 5.12. The molecule has 1 aliphatic rings. The molecule has 2 atom stereocenters. The third-order valence-corrected chi connectivity index (χ3v) is 3.71. The average Bonchev–Trinajstić information content (AvgIpc) is 2.84. The summed E-state index contributed by atoms with van der Waals surface area (Å²) in [5.74, 6) is 0. The Morgan fingerprint density at radius 1 is 1.48 bits per heavy atom. The van der Waals surface area contributed by atoms with E-state index in [0.29, 0.717) is 24.2 Å². The monoisotopic (exact) mass is 304 g/mol. The van der Waals surface area contributed by atoms with Crippen LogP contribution in [0, 0.1) is 17.0 Å². The molecule has 116 valence electrons. The first-order chi connectivity index (χ1) is 9.71. The van der Waals surface area contributed by atoms with Crippen molar-refractivity contribution in [3.05, 3.63) is 33.9 Å². The van der Waals surface area contributed by atoms with Crippen LogP contribution in [0.2, 0.25) is 0 Å². The lowest BCUT2D eigenvalue weighted by Crippen LogP contribution is -2.47. The minimum absolute atomic E-state index is 0.0779. The predicted octanol–water partition coefficient (Wildman–Crippen LogP) is 2.80. The molecule has 2 rings (SSSR count).